The van der Waals surface area contributed by atoms with Crippen molar-refractivity contribution < 1.29 is 23.1 Å². The molecular weight excluding hydrogens is 255 g/mol. The number of benzene rings is 1. The van der Waals surface area contributed by atoms with Crippen LogP contribution in [0.1, 0.15) is 5.56 Å². The van der Waals surface area contributed by atoms with Crippen LogP contribution in [0, 0.1) is 0 Å². The summed E-state index contributed by atoms with van der Waals surface area (Å²) in [4.78, 5) is 10.8. The summed E-state index contributed by atoms with van der Waals surface area (Å²) >= 11 is 0.981. The number of carboxylic acids is 1. The lowest BCUT2D eigenvalue weighted by molar-refractivity contribution is -0.138. The molecule has 3 N–H and O–H groups in total. The third-order valence-electron chi connectivity index (χ3n) is 1.91. The number of carboxylic acid groups (broad SMARTS) is 1. The van der Waals surface area contributed by atoms with Gasteiger partial charge in [0.1, 0.15) is 6.04 Å². The van der Waals surface area contributed by atoms with E-state index in [-0.39, 0.29) is 5.75 Å². The minimum absolute atomic E-state index is 0.0244. The van der Waals surface area contributed by atoms with E-state index in [2.05, 4.69) is 0 Å². The number of hydrogen-bond acceptors (Lipinski definition) is 3. The summed E-state index contributed by atoms with van der Waals surface area (Å²) in [5.41, 5.74) is 4.49. The summed E-state index contributed by atoms with van der Waals surface area (Å²) in [5, 5.41) is 8.53. The van der Waals surface area contributed by atoms with Gasteiger partial charge in [-0.15, -0.1) is 11.8 Å². The highest BCUT2D eigenvalue weighted by atomic mass is 32.2. The van der Waals surface area contributed by atoms with Gasteiger partial charge in [-0.05, 0) is 18.2 Å². The third-order valence-corrected chi connectivity index (χ3v) is 3.02. The van der Waals surface area contributed by atoms with Gasteiger partial charge in [0.15, 0.2) is 0 Å². The number of nitrogens with two attached hydrogens (primary N) is 1. The SMILES string of the molecule is N[C@@H](CSc1cccc(C(F)(F)F)c1)C(=O)O. The molecule has 0 radical (unpaired) electrons. The van der Waals surface area contributed by atoms with Gasteiger partial charge >= 0.3 is 12.1 Å². The molecule has 1 atom stereocenters. The third kappa shape index (κ3) is 4.27. The fourth-order valence-electron chi connectivity index (χ4n) is 1.02. The normalized spacial score (nSPS) is 13.4. The Labute approximate surface area is 99.8 Å². The van der Waals surface area contributed by atoms with E-state index in [9.17, 15) is 18.0 Å². The van der Waals surface area contributed by atoms with Crippen LogP contribution >= 0.6 is 11.8 Å². The zero-order valence-electron chi connectivity index (χ0n) is 8.57. The molecule has 0 aliphatic carbocycles. The minimum atomic E-state index is -4.40. The van der Waals surface area contributed by atoms with Crippen molar-refractivity contribution in [3.63, 3.8) is 0 Å². The standard InChI is InChI=1S/C10H10F3NO2S/c11-10(12,13)6-2-1-3-7(4-6)17-5-8(14)9(15)16/h1-4,8H,5,14H2,(H,15,16)/t8-/m0/s1. The number of hydrogen-bond donors (Lipinski definition) is 2. The van der Waals surface area contributed by atoms with Gasteiger partial charge in [-0.2, -0.15) is 13.2 Å². The van der Waals surface area contributed by atoms with Gasteiger partial charge in [0.2, 0.25) is 0 Å². The Kier molecular flexibility index (Phi) is 4.41. The molecule has 0 fully saturated rings. The van der Waals surface area contributed by atoms with Crippen LogP contribution in [0.25, 0.3) is 0 Å². The molecule has 0 saturated heterocycles. The maximum absolute atomic E-state index is 12.4. The maximum Gasteiger partial charge on any atom is 0.416 e. The molecule has 0 aliphatic heterocycles. The zero-order chi connectivity index (χ0) is 13.1. The molecule has 0 saturated carbocycles. The average molecular weight is 265 g/mol. The second-order valence-corrected chi connectivity index (χ2v) is 4.37. The van der Waals surface area contributed by atoms with Gasteiger partial charge in [-0.1, -0.05) is 6.07 Å². The molecule has 17 heavy (non-hydrogen) atoms. The van der Waals surface area contributed by atoms with Crippen molar-refractivity contribution >= 4 is 17.7 Å². The van der Waals surface area contributed by atoms with Gasteiger partial charge in [0.25, 0.3) is 0 Å². The minimum Gasteiger partial charge on any atom is -0.480 e. The van der Waals surface area contributed by atoms with Crippen molar-refractivity contribution in [1.29, 1.82) is 0 Å². The molecule has 1 aromatic rings. The lowest BCUT2D eigenvalue weighted by Gasteiger charge is -2.09. The van der Waals surface area contributed by atoms with E-state index >= 15 is 0 Å². The summed E-state index contributed by atoms with van der Waals surface area (Å²) in [6, 6.07) is 3.60. The summed E-state index contributed by atoms with van der Waals surface area (Å²) < 4.78 is 37.1. The highest BCUT2D eigenvalue weighted by molar-refractivity contribution is 7.99. The first-order chi connectivity index (χ1) is 7.80. The summed E-state index contributed by atoms with van der Waals surface area (Å²) in [6.45, 7) is 0. The van der Waals surface area contributed by atoms with E-state index in [4.69, 9.17) is 10.8 Å². The number of halogens is 3. The number of aliphatic carboxylic acids is 1. The Morgan fingerprint density at radius 2 is 2.12 bits per heavy atom. The number of alkyl halides is 3. The molecule has 0 amide bonds. The monoisotopic (exact) mass is 265 g/mol. The highest BCUT2D eigenvalue weighted by Crippen LogP contribution is 2.31. The predicted molar refractivity (Wildman–Crippen MR) is 57.8 cm³/mol. The van der Waals surface area contributed by atoms with E-state index in [0.717, 1.165) is 23.9 Å². The Hall–Kier alpha value is -1.21. The molecule has 0 aromatic heterocycles. The van der Waals surface area contributed by atoms with E-state index in [1.54, 1.807) is 0 Å². The first kappa shape index (κ1) is 13.9. The quantitative estimate of drug-likeness (QED) is 0.819. The summed E-state index contributed by atoms with van der Waals surface area (Å²) in [7, 11) is 0. The Morgan fingerprint density at radius 1 is 1.47 bits per heavy atom. The van der Waals surface area contributed by atoms with Crippen molar-refractivity contribution in [3.8, 4) is 0 Å². The topological polar surface area (TPSA) is 63.3 Å². The van der Waals surface area contributed by atoms with E-state index in [1.165, 1.54) is 12.1 Å². The van der Waals surface area contributed by atoms with E-state index in [0.29, 0.717) is 4.90 Å². The average Bonchev–Trinajstić information content (AvgIpc) is 2.25. The molecular formula is C10H10F3NO2S. The smallest absolute Gasteiger partial charge is 0.416 e. The molecule has 0 bridgehead atoms. The fraction of sp³-hybridized carbons (Fsp3) is 0.300. The van der Waals surface area contributed by atoms with E-state index in [1.807, 2.05) is 0 Å². The summed E-state index contributed by atoms with van der Waals surface area (Å²) in [5.74, 6) is -1.15. The Balaban J connectivity index is 2.70. The van der Waals surface area contributed by atoms with E-state index < -0.39 is 23.8 Å². The van der Waals surface area contributed by atoms with Crippen molar-refractivity contribution in [3.05, 3.63) is 29.8 Å². The lowest BCUT2D eigenvalue weighted by Crippen LogP contribution is -2.32. The molecule has 1 rings (SSSR count). The largest absolute Gasteiger partial charge is 0.480 e. The van der Waals surface area contributed by atoms with Crippen LogP contribution in [0.5, 0.6) is 0 Å². The van der Waals surface area contributed by atoms with Crippen LogP contribution in [-0.2, 0) is 11.0 Å². The van der Waals surface area contributed by atoms with Gasteiger partial charge in [-0.25, -0.2) is 0 Å². The maximum atomic E-state index is 12.4. The van der Waals surface area contributed by atoms with Crippen LogP contribution in [-0.4, -0.2) is 22.9 Å². The summed E-state index contributed by atoms with van der Waals surface area (Å²) in [6.07, 6.45) is -4.40. The Bertz CT molecular complexity index is 409. The zero-order valence-corrected chi connectivity index (χ0v) is 9.39. The van der Waals surface area contributed by atoms with Gasteiger partial charge < -0.3 is 10.8 Å². The van der Waals surface area contributed by atoms with Gasteiger partial charge in [0, 0.05) is 10.6 Å². The van der Waals surface area contributed by atoms with Crippen LogP contribution in [0.3, 0.4) is 0 Å². The molecule has 1 aromatic carbocycles. The number of thioether (sulfide) groups is 1. The second-order valence-electron chi connectivity index (χ2n) is 3.28. The van der Waals surface area contributed by atoms with Crippen molar-refractivity contribution in [1.82, 2.24) is 0 Å². The van der Waals surface area contributed by atoms with Crippen molar-refractivity contribution in [2.45, 2.75) is 17.1 Å². The van der Waals surface area contributed by atoms with Crippen molar-refractivity contribution in [2.75, 3.05) is 5.75 Å². The number of carbonyl (C=O) groups is 1. The van der Waals surface area contributed by atoms with Crippen LogP contribution in [0.4, 0.5) is 13.2 Å². The second kappa shape index (κ2) is 5.42. The van der Waals surface area contributed by atoms with Gasteiger partial charge in [0.05, 0.1) is 5.56 Å². The molecule has 0 spiro atoms. The van der Waals surface area contributed by atoms with Gasteiger partial charge in [-0.3, -0.25) is 4.79 Å². The number of rotatable bonds is 4. The fourth-order valence-corrected chi connectivity index (χ4v) is 1.92. The van der Waals surface area contributed by atoms with Crippen LogP contribution in [0.15, 0.2) is 29.2 Å². The lowest BCUT2D eigenvalue weighted by atomic mass is 10.2. The first-order valence-corrected chi connectivity index (χ1v) is 5.57. The Morgan fingerprint density at radius 3 is 2.65 bits per heavy atom. The van der Waals surface area contributed by atoms with Crippen LogP contribution in [0.2, 0.25) is 0 Å². The van der Waals surface area contributed by atoms with Crippen LogP contribution < -0.4 is 5.73 Å². The molecule has 7 heteroatoms. The highest BCUT2D eigenvalue weighted by Gasteiger charge is 2.30. The molecule has 0 unspecified atom stereocenters. The molecule has 0 heterocycles. The molecule has 94 valence electrons. The first-order valence-electron chi connectivity index (χ1n) is 4.59. The van der Waals surface area contributed by atoms with Crippen molar-refractivity contribution in [2.24, 2.45) is 5.73 Å². The molecule has 3 nitrogen and oxygen atoms in total. The predicted octanol–water partition coefficient (Wildman–Crippen LogP) is 2.21. The molecule has 0 aliphatic rings.